The summed E-state index contributed by atoms with van der Waals surface area (Å²) in [4.78, 5) is 0. The zero-order chi connectivity index (χ0) is 18.2. The molecule has 0 N–H and O–H groups in total. The van der Waals surface area contributed by atoms with Crippen LogP contribution in [0.25, 0.3) is 22.6 Å². The highest BCUT2D eigenvalue weighted by Gasteiger charge is 2.30. The predicted octanol–water partition coefficient (Wildman–Crippen LogP) is 5.61. The summed E-state index contributed by atoms with van der Waals surface area (Å²) in [5.74, 6) is 1.31. The lowest BCUT2D eigenvalue weighted by molar-refractivity contribution is 0.414. The van der Waals surface area contributed by atoms with Crippen LogP contribution >= 0.6 is 11.8 Å². The third-order valence-corrected chi connectivity index (χ3v) is 5.85. The summed E-state index contributed by atoms with van der Waals surface area (Å²) in [7, 11) is 1.65. The van der Waals surface area contributed by atoms with Gasteiger partial charge in [-0.3, -0.25) is 0 Å². The average molecular weight is 372 g/mol. The Hall–Kier alpha value is -3.05. The first-order chi connectivity index (χ1) is 13.3. The second kappa shape index (κ2) is 6.59. The van der Waals surface area contributed by atoms with Crippen molar-refractivity contribution in [3.63, 3.8) is 0 Å². The number of benzene rings is 3. The maximum atomic E-state index is 5.94. The number of aromatic nitrogens is 2. The van der Waals surface area contributed by atoms with E-state index in [2.05, 4.69) is 58.7 Å². The highest BCUT2D eigenvalue weighted by atomic mass is 32.2. The topological polar surface area (TPSA) is 48.2 Å². The minimum absolute atomic E-state index is 0.154. The van der Waals surface area contributed by atoms with Gasteiger partial charge in [0.15, 0.2) is 0 Å². The zero-order valence-electron chi connectivity index (χ0n) is 14.6. The number of methoxy groups -OCH3 is 1. The highest BCUT2D eigenvalue weighted by molar-refractivity contribution is 7.99. The van der Waals surface area contributed by atoms with E-state index in [0.717, 1.165) is 11.3 Å². The van der Waals surface area contributed by atoms with Crippen molar-refractivity contribution in [2.45, 2.75) is 10.5 Å². The molecule has 5 rings (SSSR count). The lowest BCUT2D eigenvalue weighted by atomic mass is 10.1. The summed E-state index contributed by atoms with van der Waals surface area (Å²) >= 11 is 1.59. The van der Waals surface area contributed by atoms with Crippen LogP contribution in [0.5, 0.6) is 5.75 Å². The fourth-order valence-electron chi connectivity index (χ4n) is 3.44. The van der Waals surface area contributed by atoms with E-state index in [4.69, 9.17) is 9.15 Å². The summed E-state index contributed by atoms with van der Waals surface area (Å²) in [6.07, 6.45) is 0. The molecule has 4 aromatic rings. The summed E-state index contributed by atoms with van der Waals surface area (Å²) in [6, 6.07) is 24.6. The minimum atomic E-state index is 0.154. The Morgan fingerprint density at radius 2 is 1.44 bits per heavy atom. The molecule has 1 aliphatic carbocycles. The Morgan fingerprint density at radius 3 is 2.07 bits per heavy atom. The van der Waals surface area contributed by atoms with Crippen molar-refractivity contribution in [2.75, 3.05) is 7.11 Å². The van der Waals surface area contributed by atoms with Gasteiger partial charge >= 0.3 is 0 Å². The van der Waals surface area contributed by atoms with Gasteiger partial charge < -0.3 is 9.15 Å². The van der Waals surface area contributed by atoms with E-state index in [-0.39, 0.29) is 5.25 Å². The molecule has 0 radical (unpaired) electrons. The number of nitrogens with zero attached hydrogens (tertiary/aromatic N) is 2. The molecule has 27 heavy (non-hydrogen) atoms. The van der Waals surface area contributed by atoms with Crippen molar-refractivity contribution >= 4 is 11.8 Å². The van der Waals surface area contributed by atoms with Crippen LogP contribution in [-0.4, -0.2) is 17.3 Å². The number of fused-ring (bicyclic) bond motifs is 3. The average Bonchev–Trinajstić information content (AvgIpc) is 3.32. The van der Waals surface area contributed by atoms with E-state index in [1.165, 1.54) is 22.3 Å². The lowest BCUT2D eigenvalue weighted by Crippen LogP contribution is -1.91. The van der Waals surface area contributed by atoms with Gasteiger partial charge in [0.05, 0.1) is 12.4 Å². The van der Waals surface area contributed by atoms with Crippen molar-refractivity contribution in [1.29, 1.82) is 0 Å². The van der Waals surface area contributed by atoms with Crippen molar-refractivity contribution < 1.29 is 9.15 Å². The van der Waals surface area contributed by atoms with Gasteiger partial charge in [-0.2, -0.15) is 0 Å². The third kappa shape index (κ3) is 2.80. The highest BCUT2D eigenvalue weighted by Crippen LogP contribution is 2.51. The molecule has 3 aromatic carbocycles. The molecule has 0 saturated carbocycles. The van der Waals surface area contributed by atoms with Crippen LogP contribution in [-0.2, 0) is 0 Å². The number of ether oxygens (including phenoxy) is 1. The van der Waals surface area contributed by atoms with Crippen molar-refractivity contribution in [2.24, 2.45) is 0 Å². The molecule has 4 nitrogen and oxygen atoms in total. The van der Waals surface area contributed by atoms with E-state index in [1.807, 2.05) is 24.3 Å². The first-order valence-electron chi connectivity index (χ1n) is 8.66. The molecule has 0 saturated heterocycles. The van der Waals surface area contributed by atoms with E-state index in [0.29, 0.717) is 11.1 Å². The molecule has 0 unspecified atom stereocenters. The Kier molecular flexibility index (Phi) is 3.94. The second-order valence-electron chi connectivity index (χ2n) is 6.27. The smallest absolute Gasteiger partial charge is 0.277 e. The summed E-state index contributed by atoms with van der Waals surface area (Å²) < 4.78 is 11.1. The molecule has 0 aliphatic heterocycles. The summed E-state index contributed by atoms with van der Waals surface area (Å²) in [6.45, 7) is 0. The largest absolute Gasteiger partial charge is 0.497 e. The number of hydrogen-bond acceptors (Lipinski definition) is 5. The van der Waals surface area contributed by atoms with Gasteiger partial charge in [0.2, 0.25) is 5.89 Å². The van der Waals surface area contributed by atoms with Crippen LogP contribution in [0, 0.1) is 0 Å². The number of rotatable bonds is 4. The number of thioether (sulfide) groups is 1. The Bertz CT molecular complexity index is 1060. The Balaban J connectivity index is 1.47. The summed E-state index contributed by atoms with van der Waals surface area (Å²) in [5, 5.41) is 9.20. The molecule has 132 valence electrons. The zero-order valence-corrected chi connectivity index (χ0v) is 15.4. The van der Waals surface area contributed by atoms with Crippen LogP contribution in [0.2, 0.25) is 0 Å². The molecule has 1 aliphatic rings. The third-order valence-electron chi connectivity index (χ3n) is 4.74. The van der Waals surface area contributed by atoms with Gasteiger partial charge in [-0.15, -0.1) is 10.2 Å². The molecule has 5 heteroatoms. The second-order valence-corrected chi connectivity index (χ2v) is 7.33. The number of hydrogen-bond donors (Lipinski definition) is 0. The van der Waals surface area contributed by atoms with Crippen LogP contribution < -0.4 is 4.74 Å². The molecular formula is C22H16N2O2S. The van der Waals surface area contributed by atoms with Gasteiger partial charge in [-0.05, 0) is 46.5 Å². The normalized spacial score (nSPS) is 12.6. The molecule has 0 spiro atoms. The fraction of sp³-hybridized carbons (Fsp3) is 0.0909. The lowest BCUT2D eigenvalue weighted by Gasteiger charge is -2.10. The van der Waals surface area contributed by atoms with E-state index in [1.54, 1.807) is 18.9 Å². The molecule has 0 amide bonds. The first-order valence-corrected chi connectivity index (χ1v) is 9.54. The molecular weight excluding hydrogens is 356 g/mol. The fourth-order valence-corrected chi connectivity index (χ4v) is 4.53. The molecule has 0 atom stereocenters. The predicted molar refractivity (Wildman–Crippen MR) is 106 cm³/mol. The SMILES string of the molecule is COc1ccc(-c2nnc(SC3c4ccccc4-c4ccccc43)o2)cc1. The quantitative estimate of drug-likeness (QED) is 0.466. The Morgan fingerprint density at radius 1 is 0.815 bits per heavy atom. The van der Waals surface area contributed by atoms with Crippen molar-refractivity contribution in [3.05, 3.63) is 83.9 Å². The Labute approximate surface area is 161 Å². The standard InChI is InChI=1S/C22H16N2O2S/c1-25-15-12-10-14(11-13-15)21-23-24-22(26-21)27-20-18-8-4-2-6-16(18)17-7-3-5-9-19(17)20/h2-13,20H,1H3. The molecule has 0 bridgehead atoms. The minimum Gasteiger partial charge on any atom is -0.497 e. The van der Waals surface area contributed by atoms with Gasteiger partial charge in [-0.25, -0.2) is 0 Å². The summed E-state index contributed by atoms with van der Waals surface area (Å²) in [5.41, 5.74) is 6.00. The van der Waals surface area contributed by atoms with Crippen molar-refractivity contribution in [1.82, 2.24) is 10.2 Å². The molecule has 1 aromatic heterocycles. The van der Waals surface area contributed by atoms with Crippen LogP contribution in [0.3, 0.4) is 0 Å². The maximum absolute atomic E-state index is 5.94. The van der Waals surface area contributed by atoms with Gasteiger partial charge in [-0.1, -0.05) is 60.3 Å². The van der Waals surface area contributed by atoms with Crippen LogP contribution in [0.15, 0.2) is 82.4 Å². The molecule has 0 fully saturated rings. The van der Waals surface area contributed by atoms with Crippen molar-refractivity contribution in [3.8, 4) is 28.3 Å². The van der Waals surface area contributed by atoms with E-state index in [9.17, 15) is 0 Å². The van der Waals surface area contributed by atoms with Crippen LogP contribution in [0.1, 0.15) is 16.4 Å². The van der Waals surface area contributed by atoms with Gasteiger partial charge in [0, 0.05) is 5.56 Å². The van der Waals surface area contributed by atoms with Crippen LogP contribution in [0.4, 0.5) is 0 Å². The van der Waals surface area contributed by atoms with E-state index >= 15 is 0 Å². The monoisotopic (exact) mass is 372 g/mol. The molecule has 1 heterocycles. The first kappa shape index (κ1) is 16.1. The van der Waals surface area contributed by atoms with E-state index < -0.39 is 0 Å². The van der Waals surface area contributed by atoms with Gasteiger partial charge in [0.1, 0.15) is 5.75 Å². The maximum Gasteiger partial charge on any atom is 0.277 e. The van der Waals surface area contributed by atoms with Gasteiger partial charge in [0.25, 0.3) is 5.22 Å².